The maximum absolute atomic E-state index is 14.1. The maximum Gasteiger partial charge on any atom is 0.338 e. The van der Waals surface area contributed by atoms with E-state index in [2.05, 4.69) is 19.9 Å². The van der Waals surface area contributed by atoms with Crippen molar-refractivity contribution in [1.29, 1.82) is 0 Å². The molecule has 0 aliphatic carbocycles. The van der Waals surface area contributed by atoms with Gasteiger partial charge in [0.05, 0.1) is 35.6 Å². The van der Waals surface area contributed by atoms with Crippen molar-refractivity contribution in [1.82, 2.24) is 4.57 Å². The molecular formula is C35H34N2O4S. The van der Waals surface area contributed by atoms with Crippen LogP contribution in [0.15, 0.2) is 94.2 Å². The fourth-order valence-electron chi connectivity index (χ4n) is 5.20. The molecule has 1 aliphatic heterocycles. The number of rotatable bonds is 8. The number of esters is 1. The third-order valence-corrected chi connectivity index (χ3v) is 8.25. The Bertz CT molecular complexity index is 1850. The summed E-state index contributed by atoms with van der Waals surface area (Å²) in [6.07, 6.45) is 5.64. The largest absolute Gasteiger partial charge is 0.496 e. The van der Waals surface area contributed by atoms with E-state index in [1.807, 2.05) is 91.9 Å². The third kappa shape index (κ3) is 5.65. The topological polar surface area (TPSA) is 69.9 Å². The van der Waals surface area contributed by atoms with Crippen molar-refractivity contribution in [3.05, 3.63) is 132 Å². The Morgan fingerprint density at radius 1 is 1.07 bits per heavy atom. The fourth-order valence-corrected chi connectivity index (χ4v) is 6.15. The number of carbonyl (C=O) groups excluding carboxylic acids is 1. The summed E-state index contributed by atoms with van der Waals surface area (Å²) in [5, 5.41) is 0. The molecule has 0 saturated heterocycles. The molecule has 214 valence electrons. The molecule has 0 fully saturated rings. The summed E-state index contributed by atoms with van der Waals surface area (Å²) in [5.41, 5.74) is 5.17. The average Bonchev–Trinajstić information content (AvgIpc) is 3.31. The van der Waals surface area contributed by atoms with Crippen LogP contribution in [0, 0.1) is 6.92 Å². The third-order valence-electron chi connectivity index (χ3n) is 7.24. The molecule has 0 spiro atoms. The number of nitrogens with zero attached hydrogens (tertiary/aromatic N) is 2. The highest BCUT2D eigenvalue weighted by atomic mass is 32.1. The number of carbonyl (C=O) groups is 1. The van der Waals surface area contributed by atoms with E-state index in [0.29, 0.717) is 20.6 Å². The highest BCUT2D eigenvalue weighted by Gasteiger charge is 2.36. The van der Waals surface area contributed by atoms with Gasteiger partial charge in [0.25, 0.3) is 5.56 Å². The molecule has 5 rings (SSSR count). The number of hydrogen-bond donors (Lipinski definition) is 0. The highest BCUT2D eigenvalue weighted by Crippen LogP contribution is 2.39. The van der Waals surface area contributed by atoms with Gasteiger partial charge in [-0.05, 0) is 60.2 Å². The van der Waals surface area contributed by atoms with E-state index < -0.39 is 12.0 Å². The van der Waals surface area contributed by atoms with Crippen LogP contribution in [0.5, 0.6) is 5.75 Å². The van der Waals surface area contributed by atoms with Crippen molar-refractivity contribution in [3.8, 4) is 5.75 Å². The first-order valence-corrected chi connectivity index (χ1v) is 14.8. The van der Waals surface area contributed by atoms with Gasteiger partial charge in [0.1, 0.15) is 5.75 Å². The molecule has 1 atom stereocenters. The van der Waals surface area contributed by atoms with Crippen molar-refractivity contribution in [2.45, 2.75) is 39.7 Å². The second kappa shape index (κ2) is 12.6. The SMILES string of the molecule is CCOC(=O)C1=C(c2ccccc2)N=c2s/c(=C\C=C\c3ccccc3)c(=O)n2[C@H]1c1cc(C(C)C)c(OC)cc1C. The second-order valence-corrected chi connectivity index (χ2v) is 11.3. The number of aryl methyl sites for hydroxylation is 1. The van der Waals surface area contributed by atoms with E-state index in [1.165, 1.54) is 11.3 Å². The Balaban J connectivity index is 1.82. The predicted octanol–water partition coefficient (Wildman–Crippen LogP) is 6.04. The molecule has 3 aromatic carbocycles. The lowest BCUT2D eigenvalue weighted by molar-refractivity contribution is -0.138. The molecular weight excluding hydrogens is 544 g/mol. The van der Waals surface area contributed by atoms with Crippen LogP contribution in [0.25, 0.3) is 17.8 Å². The van der Waals surface area contributed by atoms with Gasteiger partial charge in [0, 0.05) is 5.56 Å². The Morgan fingerprint density at radius 3 is 2.40 bits per heavy atom. The highest BCUT2D eigenvalue weighted by molar-refractivity contribution is 7.07. The van der Waals surface area contributed by atoms with E-state index in [9.17, 15) is 9.59 Å². The molecule has 1 aromatic heterocycles. The quantitative estimate of drug-likeness (QED) is 0.239. The van der Waals surface area contributed by atoms with Crippen molar-refractivity contribution >= 4 is 35.2 Å². The molecule has 1 aliphatic rings. The zero-order chi connectivity index (χ0) is 29.8. The molecule has 7 heteroatoms. The summed E-state index contributed by atoms with van der Waals surface area (Å²) in [6, 6.07) is 22.8. The van der Waals surface area contributed by atoms with Gasteiger partial charge >= 0.3 is 5.97 Å². The Kier molecular flexibility index (Phi) is 8.69. The Morgan fingerprint density at radius 2 is 1.76 bits per heavy atom. The van der Waals surface area contributed by atoms with E-state index in [-0.39, 0.29) is 18.1 Å². The average molecular weight is 579 g/mol. The minimum absolute atomic E-state index is 0.155. The van der Waals surface area contributed by atoms with Crippen LogP contribution in [0.3, 0.4) is 0 Å². The number of methoxy groups -OCH3 is 1. The number of hydrogen-bond acceptors (Lipinski definition) is 6. The first kappa shape index (κ1) is 29.0. The monoisotopic (exact) mass is 578 g/mol. The van der Waals surface area contributed by atoms with Gasteiger partial charge < -0.3 is 9.47 Å². The lowest BCUT2D eigenvalue weighted by Crippen LogP contribution is -2.40. The lowest BCUT2D eigenvalue weighted by atomic mass is 9.87. The van der Waals surface area contributed by atoms with Crippen LogP contribution in [-0.4, -0.2) is 24.3 Å². The minimum Gasteiger partial charge on any atom is -0.496 e. The minimum atomic E-state index is -0.737. The van der Waals surface area contributed by atoms with Crippen LogP contribution < -0.4 is 19.6 Å². The smallest absolute Gasteiger partial charge is 0.338 e. The summed E-state index contributed by atoms with van der Waals surface area (Å²) in [4.78, 5) is 33.4. The van der Waals surface area contributed by atoms with Gasteiger partial charge in [-0.25, -0.2) is 9.79 Å². The van der Waals surface area contributed by atoms with Gasteiger partial charge in [-0.3, -0.25) is 9.36 Å². The Labute approximate surface area is 249 Å². The molecule has 42 heavy (non-hydrogen) atoms. The molecule has 0 saturated carbocycles. The van der Waals surface area contributed by atoms with Gasteiger partial charge in [-0.2, -0.15) is 0 Å². The number of aromatic nitrogens is 1. The molecule has 0 bridgehead atoms. The second-order valence-electron chi connectivity index (χ2n) is 10.3. The number of benzene rings is 3. The molecule has 6 nitrogen and oxygen atoms in total. The van der Waals surface area contributed by atoms with Gasteiger partial charge in [0.2, 0.25) is 0 Å². The zero-order valence-electron chi connectivity index (χ0n) is 24.5. The van der Waals surface area contributed by atoms with Crippen molar-refractivity contribution < 1.29 is 14.3 Å². The van der Waals surface area contributed by atoms with Crippen molar-refractivity contribution in [2.75, 3.05) is 13.7 Å². The lowest BCUT2D eigenvalue weighted by Gasteiger charge is -2.28. The normalized spacial score (nSPS) is 15.2. The molecule has 4 aromatic rings. The van der Waals surface area contributed by atoms with Gasteiger partial charge in [-0.1, -0.05) is 98.0 Å². The van der Waals surface area contributed by atoms with Crippen molar-refractivity contribution in [3.63, 3.8) is 0 Å². The molecule has 0 N–H and O–H groups in total. The zero-order valence-corrected chi connectivity index (χ0v) is 25.3. The molecule has 2 heterocycles. The van der Waals surface area contributed by atoms with Gasteiger partial charge in [0.15, 0.2) is 4.80 Å². The number of ether oxygens (including phenoxy) is 2. The standard InChI is InChI=1S/C35H34N2O4S/c1-6-41-34(39)30-31(25-17-11-8-12-18-25)36-35-37(32(30)27-21-26(22(2)3)28(40-5)20-23(27)4)33(38)29(42-35)19-13-16-24-14-9-7-10-15-24/h7-22,32H,6H2,1-5H3/b16-13+,29-19-/t32-/m0/s1. The van der Waals surface area contributed by atoms with E-state index in [0.717, 1.165) is 33.6 Å². The summed E-state index contributed by atoms with van der Waals surface area (Å²) in [6.45, 7) is 8.15. The van der Waals surface area contributed by atoms with E-state index in [4.69, 9.17) is 14.5 Å². The number of fused-ring (bicyclic) bond motifs is 1. The van der Waals surface area contributed by atoms with Gasteiger partial charge in [-0.15, -0.1) is 0 Å². The van der Waals surface area contributed by atoms with Crippen molar-refractivity contribution in [2.24, 2.45) is 4.99 Å². The fraction of sp³-hybridized carbons (Fsp3) is 0.229. The maximum atomic E-state index is 14.1. The summed E-state index contributed by atoms with van der Waals surface area (Å²) < 4.78 is 13.5. The van der Waals surface area contributed by atoms with E-state index >= 15 is 0 Å². The van der Waals surface area contributed by atoms with Crippen LogP contribution >= 0.6 is 11.3 Å². The van der Waals surface area contributed by atoms with Crippen LogP contribution in [0.4, 0.5) is 0 Å². The van der Waals surface area contributed by atoms with E-state index in [1.54, 1.807) is 18.6 Å². The summed E-state index contributed by atoms with van der Waals surface area (Å²) in [5.74, 6) is 0.432. The Hall–Kier alpha value is -4.49. The predicted molar refractivity (Wildman–Crippen MR) is 169 cm³/mol. The molecule has 0 radical (unpaired) electrons. The summed E-state index contributed by atoms with van der Waals surface area (Å²) in [7, 11) is 1.66. The summed E-state index contributed by atoms with van der Waals surface area (Å²) >= 11 is 1.31. The van der Waals surface area contributed by atoms with Crippen LogP contribution in [0.1, 0.15) is 60.5 Å². The van der Waals surface area contributed by atoms with Crippen LogP contribution in [0.2, 0.25) is 0 Å². The molecule has 0 amide bonds. The first-order valence-electron chi connectivity index (χ1n) is 14.0. The van der Waals surface area contributed by atoms with Crippen LogP contribution in [-0.2, 0) is 9.53 Å². The molecule has 0 unspecified atom stereocenters. The number of thiazole rings is 1. The first-order chi connectivity index (χ1) is 20.3. The number of allylic oxidation sites excluding steroid dienone is 1.